The Morgan fingerprint density at radius 2 is 1.86 bits per heavy atom. The number of rotatable bonds is 2. The van der Waals surface area contributed by atoms with Gasteiger partial charge in [-0.1, -0.05) is 0 Å². The van der Waals surface area contributed by atoms with Gasteiger partial charge in [-0.05, 0) is 30.7 Å². The van der Waals surface area contributed by atoms with Gasteiger partial charge in [0.05, 0.1) is 5.30 Å². The van der Waals surface area contributed by atoms with Crippen LogP contribution in [0.1, 0.15) is 5.56 Å². The molecular formula is C9H14NO3P. The molecular weight excluding hydrogens is 201 g/mol. The molecule has 0 aromatic heterocycles. The van der Waals surface area contributed by atoms with Gasteiger partial charge in [0, 0.05) is 19.8 Å². The molecule has 14 heavy (non-hydrogen) atoms. The number of nitrogens with zero attached hydrogens (tertiary/aromatic N) is 1. The Hall–Kier alpha value is -0.830. The lowest BCUT2D eigenvalue weighted by molar-refractivity contribution is 0.387. The topological polar surface area (TPSA) is 60.8 Å². The first-order valence-corrected chi connectivity index (χ1v) is 5.77. The van der Waals surface area contributed by atoms with Crippen LogP contribution in [0.3, 0.4) is 0 Å². The Balaban J connectivity index is 3.21. The van der Waals surface area contributed by atoms with Crippen molar-refractivity contribution >= 4 is 18.6 Å². The van der Waals surface area contributed by atoms with E-state index < -0.39 is 7.60 Å². The van der Waals surface area contributed by atoms with E-state index in [4.69, 9.17) is 9.79 Å². The quantitative estimate of drug-likeness (QED) is 0.718. The monoisotopic (exact) mass is 215 g/mol. The van der Waals surface area contributed by atoms with Crippen LogP contribution in [-0.4, -0.2) is 23.9 Å². The van der Waals surface area contributed by atoms with Crippen LogP contribution < -0.4 is 10.2 Å². The van der Waals surface area contributed by atoms with E-state index in [9.17, 15) is 4.57 Å². The third-order valence-electron chi connectivity index (χ3n) is 2.01. The molecule has 0 aliphatic rings. The predicted molar refractivity (Wildman–Crippen MR) is 57.2 cm³/mol. The van der Waals surface area contributed by atoms with Crippen molar-refractivity contribution in [2.75, 3.05) is 19.0 Å². The Kier molecular flexibility index (Phi) is 3.00. The summed E-state index contributed by atoms with van der Waals surface area (Å²) in [6.07, 6.45) is 0. The first-order chi connectivity index (χ1) is 6.32. The van der Waals surface area contributed by atoms with Gasteiger partial charge in [0.15, 0.2) is 0 Å². The second-order valence-electron chi connectivity index (χ2n) is 3.41. The van der Waals surface area contributed by atoms with Crippen molar-refractivity contribution in [1.29, 1.82) is 0 Å². The normalized spacial score (nSPS) is 11.5. The number of aryl methyl sites for hydroxylation is 1. The maximum atomic E-state index is 11.0. The van der Waals surface area contributed by atoms with Crippen molar-refractivity contribution < 1.29 is 14.4 Å². The molecule has 0 spiro atoms. The lowest BCUT2D eigenvalue weighted by atomic mass is 10.2. The van der Waals surface area contributed by atoms with Crippen LogP contribution in [0.4, 0.5) is 5.69 Å². The van der Waals surface area contributed by atoms with Crippen molar-refractivity contribution in [3.63, 3.8) is 0 Å². The molecule has 0 radical (unpaired) electrons. The molecule has 4 nitrogen and oxygen atoms in total. The maximum absolute atomic E-state index is 11.0. The third kappa shape index (κ3) is 2.35. The van der Waals surface area contributed by atoms with Crippen LogP contribution >= 0.6 is 7.60 Å². The molecule has 0 amide bonds. The zero-order valence-electron chi connectivity index (χ0n) is 8.43. The highest BCUT2D eigenvalue weighted by molar-refractivity contribution is 7.60. The molecule has 0 bridgehead atoms. The first-order valence-electron chi connectivity index (χ1n) is 4.16. The zero-order valence-corrected chi connectivity index (χ0v) is 9.32. The summed E-state index contributed by atoms with van der Waals surface area (Å²) in [4.78, 5) is 19.9. The Morgan fingerprint density at radius 1 is 1.29 bits per heavy atom. The fourth-order valence-corrected chi connectivity index (χ4v) is 2.04. The molecule has 1 rings (SSSR count). The van der Waals surface area contributed by atoms with Gasteiger partial charge in [0.2, 0.25) is 0 Å². The smallest absolute Gasteiger partial charge is 0.356 e. The predicted octanol–water partition coefficient (Wildman–Crippen LogP) is 0.864. The standard InChI is InChI=1S/C9H14NO3P/c1-7-6-8(10(2)3)4-5-9(7)14(11,12)13/h4-6H,1-3H3,(H2,11,12,13). The van der Waals surface area contributed by atoms with Crippen LogP contribution in [0.25, 0.3) is 0 Å². The summed E-state index contributed by atoms with van der Waals surface area (Å²) in [7, 11) is -0.363. The highest BCUT2D eigenvalue weighted by Gasteiger charge is 2.19. The second kappa shape index (κ2) is 3.73. The van der Waals surface area contributed by atoms with Gasteiger partial charge in [0.1, 0.15) is 0 Å². The molecule has 5 heteroatoms. The van der Waals surface area contributed by atoms with E-state index in [-0.39, 0.29) is 5.30 Å². The Bertz CT molecular complexity index is 384. The van der Waals surface area contributed by atoms with E-state index in [1.807, 2.05) is 19.0 Å². The van der Waals surface area contributed by atoms with Crippen LogP contribution in [0.15, 0.2) is 18.2 Å². The van der Waals surface area contributed by atoms with E-state index in [2.05, 4.69) is 0 Å². The molecule has 0 aliphatic heterocycles. The van der Waals surface area contributed by atoms with Crippen molar-refractivity contribution in [3.8, 4) is 0 Å². The van der Waals surface area contributed by atoms with Crippen LogP contribution in [0, 0.1) is 6.92 Å². The van der Waals surface area contributed by atoms with Gasteiger partial charge in [0.25, 0.3) is 0 Å². The average Bonchev–Trinajstić information content (AvgIpc) is 2.01. The van der Waals surface area contributed by atoms with E-state index in [1.165, 1.54) is 6.07 Å². The van der Waals surface area contributed by atoms with E-state index >= 15 is 0 Å². The van der Waals surface area contributed by atoms with Crippen LogP contribution in [0.5, 0.6) is 0 Å². The van der Waals surface area contributed by atoms with Crippen molar-refractivity contribution in [3.05, 3.63) is 23.8 Å². The highest BCUT2D eigenvalue weighted by atomic mass is 31.2. The van der Waals surface area contributed by atoms with Gasteiger partial charge < -0.3 is 14.7 Å². The SMILES string of the molecule is Cc1cc(N(C)C)ccc1P(=O)(O)O. The minimum Gasteiger partial charge on any atom is -0.378 e. The summed E-state index contributed by atoms with van der Waals surface area (Å²) >= 11 is 0. The highest BCUT2D eigenvalue weighted by Crippen LogP contribution is 2.35. The summed E-state index contributed by atoms with van der Waals surface area (Å²) in [5.74, 6) is 0. The fourth-order valence-electron chi connectivity index (χ4n) is 1.24. The molecule has 0 unspecified atom stereocenters. The third-order valence-corrected chi connectivity index (χ3v) is 3.14. The van der Waals surface area contributed by atoms with Crippen molar-refractivity contribution in [2.24, 2.45) is 0 Å². The van der Waals surface area contributed by atoms with Gasteiger partial charge in [-0.15, -0.1) is 0 Å². The first kappa shape index (κ1) is 11.2. The summed E-state index contributed by atoms with van der Waals surface area (Å²) in [5, 5.41) is 0.100. The van der Waals surface area contributed by atoms with Gasteiger partial charge in [-0.2, -0.15) is 0 Å². The molecule has 1 aromatic carbocycles. The average molecular weight is 215 g/mol. The fraction of sp³-hybridized carbons (Fsp3) is 0.333. The zero-order chi connectivity index (χ0) is 10.9. The van der Waals surface area contributed by atoms with E-state index in [0.717, 1.165) is 5.69 Å². The van der Waals surface area contributed by atoms with Crippen molar-refractivity contribution in [1.82, 2.24) is 0 Å². The summed E-state index contributed by atoms with van der Waals surface area (Å²) in [5.41, 5.74) is 1.55. The van der Waals surface area contributed by atoms with E-state index in [1.54, 1.807) is 19.1 Å². The molecule has 0 saturated carbocycles. The molecule has 1 aromatic rings. The Morgan fingerprint density at radius 3 is 2.21 bits per heavy atom. The molecule has 78 valence electrons. The minimum atomic E-state index is -4.12. The lowest BCUT2D eigenvalue weighted by Gasteiger charge is -2.15. The summed E-state index contributed by atoms with van der Waals surface area (Å²) in [6, 6.07) is 4.93. The van der Waals surface area contributed by atoms with Crippen molar-refractivity contribution in [2.45, 2.75) is 6.92 Å². The molecule has 0 atom stereocenters. The number of hydrogen-bond donors (Lipinski definition) is 2. The maximum Gasteiger partial charge on any atom is 0.356 e. The summed E-state index contributed by atoms with van der Waals surface area (Å²) in [6.45, 7) is 1.70. The molecule has 0 aliphatic carbocycles. The molecule has 0 fully saturated rings. The van der Waals surface area contributed by atoms with Gasteiger partial charge in [-0.3, -0.25) is 4.57 Å². The van der Waals surface area contributed by atoms with Crippen LogP contribution in [-0.2, 0) is 4.57 Å². The second-order valence-corrected chi connectivity index (χ2v) is 4.98. The van der Waals surface area contributed by atoms with Gasteiger partial charge in [-0.25, -0.2) is 0 Å². The molecule has 2 N–H and O–H groups in total. The molecule has 0 saturated heterocycles. The molecule has 0 heterocycles. The number of benzene rings is 1. The lowest BCUT2D eigenvalue weighted by Crippen LogP contribution is -2.13. The van der Waals surface area contributed by atoms with Crippen LogP contribution in [0.2, 0.25) is 0 Å². The number of anilines is 1. The Labute approximate surface area is 83.3 Å². The van der Waals surface area contributed by atoms with E-state index in [0.29, 0.717) is 5.56 Å². The largest absolute Gasteiger partial charge is 0.378 e. The van der Waals surface area contributed by atoms with Gasteiger partial charge >= 0.3 is 7.60 Å². The summed E-state index contributed by atoms with van der Waals surface area (Å²) < 4.78 is 11.0. The minimum absolute atomic E-state index is 0.100. The number of hydrogen-bond acceptors (Lipinski definition) is 2.